The highest BCUT2D eigenvalue weighted by atomic mass is 32.2. The highest BCUT2D eigenvalue weighted by Crippen LogP contribution is 2.28. The smallest absolute Gasteiger partial charge is 0.304 e. The second-order valence-corrected chi connectivity index (χ2v) is 4.85. The van der Waals surface area contributed by atoms with Gasteiger partial charge in [0.25, 0.3) is 0 Å². The van der Waals surface area contributed by atoms with Crippen molar-refractivity contribution in [2.24, 2.45) is 0 Å². The Morgan fingerprint density at radius 3 is 2.89 bits per heavy atom. The number of aromatic nitrogens is 3. The lowest BCUT2D eigenvalue weighted by Gasteiger charge is -2.01. The molecule has 1 aromatic carbocycles. The number of nitrogens with zero attached hydrogens (tertiary/aromatic N) is 1. The molecule has 0 amide bonds. The fourth-order valence-corrected chi connectivity index (χ4v) is 2.50. The Labute approximate surface area is 105 Å². The van der Waals surface area contributed by atoms with Gasteiger partial charge < -0.3 is 4.98 Å². The number of benzene rings is 1. The molecule has 2 aromatic heterocycles. The van der Waals surface area contributed by atoms with E-state index in [4.69, 9.17) is 0 Å². The molecular formula is C12H8FN3OS. The van der Waals surface area contributed by atoms with Gasteiger partial charge >= 0.3 is 5.69 Å². The Bertz CT molecular complexity index is 765. The maximum Gasteiger partial charge on any atom is 0.325 e. The number of hydrogen-bond donors (Lipinski definition) is 2. The Morgan fingerprint density at radius 1 is 1.17 bits per heavy atom. The van der Waals surface area contributed by atoms with Crippen LogP contribution in [0.4, 0.5) is 4.39 Å². The van der Waals surface area contributed by atoms with E-state index in [2.05, 4.69) is 15.0 Å². The van der Waals surface area contributed by atoms with Crippen LogP contribution < -0.4 is 5.69 Å². The molecule has 4 nitrogen and oxygen atoms in total. The largest absolute Gasteiger partial charge is 0.325 e. The molecule has 3 rings (SSSR count). The molecule has 0 aliphatic heterocycles. The predicted molar refractivity (Wildman–Crippen MR) is 67.2 cm³/mol. The standard InChI is InChI=1S/C12H8FN3OS/c13-7-2-1-3-8(4-7)18-9-5-10-11(14-6-9)16-12(17)15-10/h1-6H,(H2,14,15,16,17). The first-order valence-electron chi connectivity index (χ1n) is 5.22. The molecule has 0 spiro atoms. The number of fused-ring (bicyclic) bond motifs is 1. The SMILES string of the molecule is O=c1[nH]c2cc(Sc3cccc(F)c3)cnc2[nH]1. The summed E-state index contributed by atoms with van der Waals surface area (Å²) in [5, 5.41) is 0. The van der Waals surface area contributed by atoms with Crippen molar-refractivity contribution in [1.82, 2.24) is 15.0 Å². The molecule has 0 bridgehead atoms. The van der Waals surface area contributed by atoms with E-state index in [0.29, 0.717) is 11.2 Å². The number of nitrogens with one attached hydrogen (secondary N) is 2. The molecule has 2 N–H and O–H groups in total. The number of imidazole rings is 1. The van der Waals surface area contributed by atoms with Crippen LogP contribution in [-0.4, -0.2) is 15.0 Å². The minimum atomic E-state index is -0.287. The summed E-state index contributed by atoms with van der Waals surface area (Å²) in [5.41, 5.74) is 0.871. The summed E-state index contributed by atoms with van der Waals surface area (Å²) >= 11 is 1.39. The quantitative estimate of drug-likeness (QED) is 0.745. The van der Waals surface area contributed by atoms with E-state index in [0.717, 1.165) is 9.79 Å². The van der Waals surface area contributed by atoms with Crippen LogP contribution in [0.2, 0.25) is 0 Å². The van der Waals surface area contributed by atoms with Gasteiger partial charge in [0.05, 0.1) is 5.52 Å². The van der Waals surface area contributed by atoms with Gasteiger partial charge in [-0.25, -0.2) is 14.2 Å². The van der Waals surface area contributed by atoms with E-state index in [9.17, 15) is 9.18 Å². The molecule has 2 heterocycles. The zero-order valence-electron chi connectivity index (χ0n) is 9.11. The van der Waals surface area contributed by atoms with E-state index >= 15 is 0 Å². The van der Waals surface area contributed by atoms with Crippen LogP contribution in [0.1, 0.15) is 0 Å². The summed E-state index contributed by atoms with van der Waals surface area (Å²) in [6, 6.07) is 8.12. The number of halogens is 1. The number of hydrogen-bond acceptors (Lipinski definition) is 3. The Morgan fingerprint density at radius 2 is 2.06 bits per heavy atom. The van der Waals surface area contributed by atoms with Gasteiger partial charge in [-0.1, -0.05) is 17.8 Å². The van der Waals surface area contributed by atoms with E-state index < -0.39 is 0 Å². The van der Waals surface area contributed by atoms with E-state index in [1.54, 1.807) is 18.3 Å². The summed E-state index contributed by atoms with van der Waals surface area (Å²) < 4.78 is 13.0. The van der Waals surface area contributed by atoms with Crippen molar-refractivity contribution < 1.29 is 4.39 Å². The first kappa shape index (κ1) is 11.0. The highest BCUT2D eigenvalue weighted by Gasteiger charge is 2.03. The predicted octanol–water partition coefficient (Wildman–Crippen LogP) is 2.54. The molecular weight excluding hydrogens is 253 g/mol. The maximum absolute atomic E-state index is 13.0. The van der Waals surface area contributed by atoms with Gasteiger partial charge in [-0.05, 0) is 24.3 Å². The van der Waals surface area contributed by atoms with Gasteiger partial charge in [-0.3, -0.25) is 4.98 Å². The van der Waals surface area contributed by atoms with Crippen molar-refractivity contribution in [2.75, 3.05) is 0 Å². The van der Waals surface area contributed by atoms with Gasteiger partial charge in [-0.2, -0.15) is 0 Å². The average molecular weight is 261 g/mol. The molecule has 0 radical (unpaired) electrons. The number of H-pyrrole nitrogens is 2. The van der Waals surface area contributed by atoms with Crippen LogP contribution in [0.15, 0.2) is 51.1 Å². The normalized spacial score (nSPS) is 10.9. The fraction of sp³-hybridized carbons (Fsp3) is 0. The number of rotatable bonds is 2. The summed E-state index contributed by atoms with van der Waals surface area (Å²) in [4.78, 5) is 22.0. The summed E-state index contributed by atoms with van der Waals surface area (Å²) in [6.45, 7) is 0. The van der Waals surface area contributed by atoms with Crippen molar-refractivity contribution in [3.63, 3.8) is 0 Å². The molecule has 18 heavy (non-hydrogen) atoms. The van der Waals surface area contributed by atoms with Crippen molar-refractivity contribution in [3.8, 4) is 0 Å². The summed E-state index contributed by atoms with van der Waals surface area (Å²) in [7, 11) is 0. The van der Waals surface area contributed by atoms with Crippen LogP contribution in [0.3, 0.4) is 0 Å². The minimum absolute atomic E-state index is 0.274. The van der Waals surface area contributed by atoms with Crippen molar-refractivity contribution in [3.05, 3.63) is 52.8 Å². The van der Waals surface area contributed by atoms with Gasteiger partial charge in [0.2, 0.25) is 0 Å². The Hall–Kier alpha value is -2.08. The Kier molecular flexibility index (Phi) is 2.64. The van der Waals surface area contributed by atoms with Gasteiger partial charge in [0.1, 0.15) is 5.82 Å². The molecule has 6 heteroatoms. The third kappa shape index (κ3) is 2.14. The van der Waals surface area contributed by atoms with Gasteiger partial charge in [-0.15, -0.1) is 0 Å². The lowest BCUT2D eigenvalue weighted by Crippen LogP contribution is -1.99. The third-order valence-corrected chi connectivity index (χ3v) is 3.32. The zero-order valence-corrected chi connectivity index (χ0v) is 9.92. The van der Waals surface area contributed by atoms with Crippen LogP contribution in [0, 0.1) is 5.82 Å². The molecule has 0 saturated heterocycles. The fourth-order valence-electron chi connectivity index (χ4n) is 1.62. The van der Waals surface area contributed by atoms with Crippen LogP contribution >= 0.6 is 11.8 Å². The second kappa shape index (κ2) is 4.30. The van der Waals surface area contributed by atoms with Crippen molar-refractivity contribution in [1.29, 1.82) is 0 Å². The third-order valence-electron chi connectivity index (χ3n) is 2.37. The highest BCUT2D eigenvalue weighted by molar-refractivity contribution is 7.99. The molecule has 0 aliphatic rings. The monoisotopic (exact) mass is 261 g/mol. The van der Waals surface area contributed by atoms with Gasteiger partial charge in [0.15, 0.2) is 5.65 Å². The van der Waals surface area contributed by atoms with Crippen LogP contribution in [0.5, 0.6) is 0 Å². The molecule has 0 saturated carbocycles. The van der Waals surface area contributed by atoms with E-state index in [1.165, 1.54) is 23.9 Å². The molecule has 0 unspecified atom stereocenters. The van der Waals surface area contributed by atoms with Crippen LogP contribution in [-0.2, 0) is 0 Å². The van der Waals surface area contributed by atoms with Crippen LogP contribution in [0.25, 0.3) is 11.2 Å². The van der Waals surface area contributed by atoms with Crippen molar-refractivity contribution >= 4 is 22.9 Å². The summed E-state index contributed by atoms with van der Waals surface area (Å²) in [6.07, 6.45) is 1.64. The maximum atomic E-state index is 13.0. The first-order chi connectivity index (χ1) is 8.70. The number of aromatic amines is 2. The Balaban J connectivity index is 1.97. The summed E-state index contributed by atoms with van der Waals surface area (Å²) in [5.74, 6) is -0.274. The molecule has 0 fully saturated rings. The van der Waals surface area contributed by atoms with E-state index in [1.807, 2.05) is 6.07 Å². The topological polar surface area (TPSA) is 61.5 Å². The van der Waals surface area contributed by atoms with Crippen molar-refractivity contribution in [2.45, 2.75) is 9.79 Å². The minimum Gasteiger partial charge on any atom is -0.304 e. The first-order valence-corrected chi connectivity index (χ1v) is 6.04. The zero-order chi connectivity index (χ0) is 12.5. The molecule has 0 atom stereocenters. The lowest BCUT2D eigenvalue weighted by molar-refractivity contribution is 0.624. The molecule has 0 aliphatic carbocycles. The second-order valence-electron chi connectivity index (χ2n) is 3.71. The molecule has 90 valence electrons. The van der Waals surface area contributed by atoms with E-state index in [-0.39, 0.29) is 11.5 Å². The molecule has 3 aromatic rings. The average Bonchev–Trinajstić information content (AvgIpc) is 2.68. The lowest BCUT2D eigenvalue weighted by atomic mass is 10.3. The van der Waals surface area contributed by atoms with Gasteiger partial charge in [0, 0.05) is 16.0 Å². The number of pyridine rings is 1.